The average Bonchev–Trinajstić information content (AvgIpc) is 2.35. The maximum atomic E-state index is 6.20. The molecule has 0 saturated heterocycles. The Labute approximate surface area is 131 Å². The molecule has 0 unspecified atom stereocenters. The third-order valence-corrected chi connectivity index (χ3v) is 4.59. The number of hydrogen-bond donors (Lipinski definition) is 0. The lowest BCUT2D eigenvalue weighted by Crippen LogP contribution is -2.03. The summed E-state index contributed by atoms with van der Waals surface area (Å²) in [5, 5.41) is 0.473. The Morgan fingerprint density at radius 2 is 1.84 bits per heavy atom. The largest absolute Gasteiger partial charge is 0.378 e. The van der Waals surface area contributed by atoms with Crippen molar-refractivity contribution in [2.24, 2.45) is 0 Å². The van der Waals surface area contributed by atoms with E-state index in [2.05, 4.69) is 32.6 Å². The molecule has 5 heteroatoms. The normalized spacial score (nSPS) is 10.8. The summed E-state index contributed by atoms with van der Waals surface area (Å²) in [5.41, 5.74) is 4.14. The number of aromatic nitrogens is 2. The van der Waals surface area contributed by atoms with Crippen LogP contribution in [0.3, 0.4) is 0 Å². The zero-order chi connectivity index (χ0) is 14.0. The lowest BCUT2D eigenvalue weighted by molar-refractivity contribution is 0.181. The predicted octanol–water partition coefficient (Wildman–Crippen LogP) is 4.16. The lowest BCUT2D eigenvalue weighted by Gasteiger charge is -2.11. The molecule has 0 spiro atoms. The summed E-state index contributed by atoms with van der Waals surface area (Å²) in [5.74, 6) is 0.660. The van der Waals surface area contributed by atoms with Crippen LogP contribution in [0, 0.1) is 17.4 Å². The minimum absolute atomic E-state index is 0.429. The minimum atomic E-state index is 0.429. The predicted molar refractivity (Wildman–Crippen MR) is 85.4 cm³/mol. The van der Waals surface area contributed by atoms with Crippen molar-refractivity contribution >= 4 is 34.2 Å². The third-order valence-electron chi connectivity index (χ3n) is 2.87. The van der Waals surface area contributed by atoms with Crippen LogP contribution < -0.4 is 0 Å². The number of ether oxygens (including phenoxy) is 1. The van der Waals surface area contributed by atoms with Crippen LogP contribution in [-0.2, 0) is 11.3 Å². The van der Waals surface area contributed by atoms with Gasteiger partial charge in [0.2, 0.25) is 0 Å². The monoisotopic (exact) mass is 388 g/mol. The van der Waals surface area contributed by atoms with E-state index in [4.69, 9.17) is 16.3 Å². The third kappa shape index (κ3) is 3.07. The van der Waals surface area contributed by atoms with Crippen LogP contribution in [0.4, 0.5) is 0 Å². The van der Waals surface area contributed by atoms with Crippen LogP contribution in [0.2, 0.25) is 5.15 Å². The fourth-order valence-corrected chi connectivity index (χ4v) is 2.56. The number of rotatable bonds is 3. The molecular weight excluding hydrogens is 375 g/mol. The van der Waals surface area contributed by atoms with Gasteiger partial charge in [0.25, 0.3) is 0 Å². The molecule has 0 aliphatic heterocycles. The molecule has 0 atom stereocenters. The van der Waals surface area contributed by atoms with Gasteiger partial charge in [-0.2, -0.15) is 0 Å². The Morgan fingerprint density at radius 1 is 1.21 bits per heavy atom. The van der Waals surface area contributed by atoms with Gasteiger partial charge in [-0.25, -0.2) is 9.97 Å². The van der Waals surface area contributed by atoms with Crippen LogP contribution in [0.25, 0.3) is 11.4 Å². The molecule has 19 heavy (non-hydrogen) atoms. The molecule has 2 rings (SSSR count). The molecule has 0 amide bonds. The smallest absolute Gasteiger partial charge is 0.161 e. The van der Waals surface area contributed by atoms with Gasteiger partial charge < -0.3 is 4.74 Å². The molecule has 1 heterocycles. The van der Waals surface area contributed by atoms with Crippen molar-refractivity contribution in [2.75, 3.05) is 7.11 Å². The first-order valence-corrected chi connectivity index (χ1v) is 7.27. The molecule has 0 bridgehead atoms. The van der Waals surface area contributed by atoms with E-state index in [-0.39, 0.29) is 0 Å². The van der Waals surface area contributed by atoms with E-state index in [9.17, 15) is 0 Å². The lowest BCUT2D eigenvalue weighted by atomic mass is 10.0. The summed E-state index contributed by atoms with van der Waals surface area (Å²) >= 11 is 8.34. The summed E-state index contributed by atoms with van der Waals surface area (Å²) in [7, 11) is 1.64. The second kappa shape index (κ2) is 6.15. The van der Waals surface area contributed by atoms with Crippen molar-refractivity contribution in [1.82, 2.24) is 9.97 Å². The summed E-state index contributed by atoms with van der Waals surface area (Å²) in [6.07, 6.45) is 0. The van der Waals surface area contributed by atoms with Crippen molar-refractivity contribution < 1.29 is 4.74 Å². The summed E-state index contributed by atoms with van der Waals surface area (Å²) in [6.45, 7) is 4.53. The molecule has 3 nitrogen and oxygen atoms in total. The molecule has 0 fully saturated rings. The maximum absolute atomic E-state index is 6.20. The van der Waals surface area contributed by atoms with Gasteiger partial charge in [0.15, 0.2) is 5.82 Å². The molecule has 1 aromatic carbocycles. The van der Waals surface area contributed by atoms with Gasteiger partial charge in [0.05, 0.1) is 15.9 Å². The van der Waals surface area contributed by atoms with Crippen molar-refractivity contribution in [1.29, 1.82) is 0 Å². The first-order chi connectivity index (χ1) is 9.04. The van der Waals surface area contributed by atoms with Gasteiger partial charge in [0, 0.05) is 12.7 Å². The van der Waals surface area contributed by atoms with E-state index in [0.29, 0.717) is 17.6 Å². The molecule has 0 saturated carbocycles. The summed E-state index contributed by atoms with van der Waals surface area (Å²) in [6, 6.07) is 6.12. The van der Waals surface area contributed by atoms with Gasteiger partial charge >= 0.3 is 0 Å². The van der Waals surface area contributed by atoms with Crippen LogP contribution in [0.1, 0.15) is 16.8 Å². The van der Waals surface area contributed by atoms with E-state index in [1.54, 1.807) is 7.11 Å². The first kappa shape index (κ1) is 14.7. The Morgan fingerprint density at radius 3 is 2.42 bits per heavy atom. The van der Waals surface area contributed by atoms with Gasteiger partial charge in [-0.3, -0.25) is 0 Å². The highest BCUT2D eigenvalue weighted by molar-refractivity contribution is 14.1. The number of nitrogens with zero attached hydrogens (tertiary/aromatic N) is 2. The molecule has 0 aliphatic carbocycles. The van der Waals surface area contributed by atoms with E-state index < -0.39 is 0 Å². The van der Waals surface area contributed by atoms with Crippen molar-refractivity contribution in [3.05, 3.63) is 43.7 Å². The highest BCUT2D eigenvalue weighted by Crippen LogP contribution is 2.28. The summed E-state index contributed by atoms with van der Waals surface area (Å²) in [4.78, 5) is 8.99. The molecule has 100 valence electrons. The molecule has 0 N–H and O–H groups in total. The zero-order valence-electron chi connectivity index (χ0n) is 11.0. The Hall–Kier alpha value is -0.720. The molecular formula is C14H14ClIN2O. The number of methoxy groups -OCH3 is 1. The van der Waals surface area contributed by atoms with E-state index >= 15 is 0 Å². The van der Waals surface area contributed by atoms with Crippen molar-refractivity contribution in [3.8, 4) is 11.4 Å². The molecule has 2 aromatic rings. The Kier molecular flexibility index (Phi) is 4.76. The first-order valence-electron chi connectivity index (χ1n) is 5.82. The number of benzene rings is 1. The van der Waals surface area contributed by atoms with E-state index in [1.165, 1.54) is 0 Å². The molecule has 0 radical (unpaired) electrons. The van der Waals surface area contributed by atoms with Gasteiger partial charge in [-0.1, -0.05) is 29.8 Å². The standard InChI is InChI=1S/C14H14ClIN2O/c1-8-5-4-6-9(2)11(8)14-17-10(7-19-3)12(16)13(15)18-14/h4-6H,7H2,1-3H3. The van der Waals surface area contributed by atoms with Crippen molar-refractivity contribution in [2.45, 2.75) is 20.5 Å². The maximum Gasteiger partial charge on any atom is 0.161 e. The zero-order valence-corrected chi connectivity index (χ0v) is 13.9. The highest BCUT2D eigenvalue weighted by Gasteiger charge is 2.14. The minimum Gasteiger partial charge on any atom is -0.378 e. The van der Waals surface area contributed by atoms with E-state index in [0.717, 1.165) is 26.0 Å². The summed E-state index contributed by atoms with van der Waals surface area (Å²) < 4.78 is 6.00. The van der Waals surface area contributed by atoms with Crippen molar-refractivity contribution in [3.63, 3.8) is 0 Å². The fraction of sp³-hybridized carbons (Fsp3) is 0.286. The Balaban J connectivity index is 2.63. The second-order valence-electron chi connectivity index (χ2n) is 4.30. The van der Waals surface area contributed by atoms with Crippen LogP contribution in [0.15, 0.2) is 18.2 Å². The quantitative estimate of drug-likeness (QED) is 0.585. The van der Waals surface area contributed by atoms with Gasteiger partial charge in [-0.05, 0) is 47.6 Å². The fourth-order valence-electron chi connectivity index (χ4n) is 1.97. The second-order valence-corrected chi connectivity index (χ2v) is 5.74. The number of aryl methyl sites for hydroxylation is 2. The molecule has 0 aliphatic rings. The van der Waals surface area contributed by atoms with Gasteiger partial charge in [0.1, 0.15) is 5.15 Å². The number of hydrogen-bond acceptors (Lipinski definition) is 3. The highest BCUT2D eigenvalue weighted by atomic mass is 127. The van der Waals surface area contributed by atoms with E-state index in [1.807, 2.05) is 32.0 Å². The molecule has 1 aromatic heterocycles. The SMILES string of the molecule is COCc1nc(-c2c(C)cccc2C)nc(Cl)c1I. The van der Waals surface area contributed by atoms with Crippen LogP contribution >= 0.6 is 34.2 Å². The average molecular weight is 389 g/mol. The van der Waals surface area contributed by atoms with Gasteiger partial charge in [-0.15, -0.1) is 0 Å². The Bertz CT molecular complexity index is 596. The van der Waals surface area contributed by atoms with Crippen LogP contribution in [-0.4, -0.2) is 17.1 Å². The van der Waals surface area contributed by atoms with Crippen LogP contribution in [0.5, 0.6) is 0 Å². The topological polar surface area (TPSA) is 35.0 Å². The number of halogens is 2.